The number of aromatic nitrogens is 5. The van der Waals surface area contributed by atoms with Gasteiger partial charge in [-0.1, -0.05) is 12.1 Å². The molecule has 1 saturated heterocycles. The Morgan fingerprint density at radius 1 is 1.19 bits per heavy atom. The first-order valence-electron chi connectivity index (χ1n) is 12.5. The van der Waals surface area contributed by atoms with Crippen molar-refractivity contribution < 1.29 is 36.2 Å². The van der Waals surface area contributed by atoms with E-state index in [9.17, 15) is 26.3 Å². The van der Waals surface area contributed by atoms with E-state index in [4.69, 9.17) is 19.9 Å². The number of nitrogens with zero attached hydrogens (tertiary/aromatic N) is 8. The summed E-state index contributed by atoms with van der Waals surface area (Å²) in [6.07, 6.45) is -6.40. The molecule has 0 aliphatic carbocycles. The number of carbonyl (C=O) groups is 1. The minimum absolute atomic E-state index is 0.132. The fraction of sp³-hybridized carbons (Fsp3) is 0.400. The molecule has 0 spiro atoms. The van der Waals surface area contributed by atoms with Crippen LogP contribution in [-0.2, 0) is 17.9 Å². The van der Waals surface area contributed by atoms with Gasteiger partial charge in [0.2, 0.25) is 5.95 Å². The van der Waals surface area contributed by atoms with E-state index in [1.165, 1.54) is 17.3 Å². The highest BCUT2D eigenvalue weighted by atomic mass is 32.1. The normalized spacial score (nSPS) is 16.0. The molecule has 42 heavy (non-hydrogen) atoms. The van der Waals surface area contributed by atoms with Crippen LogP contribution in [0.1, 0.15) is 16.7 Å². The fourth-order valence-corrected chi connectivity index (χ4v) is 5.24. The molecule has 0 radical (unpaired) electrons. The van der Waals surface area contributed by atoms with Gasteiger partial charge in [0, 0.05) is 31.6 Å². The number of carboxylic acids is 1. The van der Waals surface area contributed by atoms with Crippen LogP contribution in [0, 0.1) is 5.82 Å². The van der Waals surface area contributed by atoms with Gasteiger partial charge in [0.1, 0.15) is 30.3 Å². The maximum Gasteiger partial charge on any atom is 0.490 e. The Bertz CT molecular complexity index is 1500. The van der Waals surface area contributed by atoms with Crippen molar-refractivity contribution >= 4 is 40.0 Å². The van der Waals surface area contributed by atoms with Gasteiger partial charge in [0.25, 0.3) is 6.43 Å². The van der Waals surface area contributed by atoms with Crippen LogP contribution >= 0.6 is 11.3 Å². The number of rotatable bonds is 7. The number of benzene rings is 1. The third-order valence-electron chi connectivity index (χ3n) is 6.43. The number of hydrogen-bond acceptors (Lipinski definition) is 9. The SMILES string of the molecule is CN(Cc1ncnn1CC(F)F)c1nc(N2CCN(C)C(c3cccs3)C2)nc2cccc(F)c12.O=C(O)C(F)(F)F. The highest BCUT2D eigenvalue weighted by Gasteiger charge is 2.38. The Morgan fingerprint density at radius 2 is 1.93 bits per heavy atom. The lowest BCUT2D eigenvalue weighted by atomic mass is 10.1. The minimum Gasteiger partial charge on any atom is -0.475 e. The molecule has 1 aliphatic heterocycles. The zero-order valence-electron chi connectivity index (χ0n) is 22.3. The third kappa shape index (κ3) is 7.25. The van der Waals surface area contributed by atoms with Crippen molar-refractivity contribution in [2.24, 2.45) is 0 Å². The molecule has 3 aromatic heterocycles. The van der Waals surface area contributed by atoms with Crippen LogP contribution in [0.3, 0.4) is 0 Å². The van der Waals surface area contributed by atoms with Crippen LogP contribution in [0.15, 0.2) is 42.0 Å². The third-order valence-corrected chi connectivity index (χ3v) is 7.41. The fourth-order valence-electron chi connectivity index (χ4n) is 4.35. The lowest BCUT2D eigenvalue weighted by molar-refractivity contribution is -0.192. The van der Waals surface area contributed by atoms with Crippen molar-refractivity contribution in [1.82, 2.24) is 29.6 Å². The molecule has 1 N–H and O–H groups in total. The smallest absolute Gasteiger partial charge is 0.475 e. The second-order valence-corrected chi connectivity index (χ2v) is 10.3. The molecule has 4 aromatic rings. The van der Waals surface area contributed by atoms with E-state index in [1.807, 2.05) is 6.07 Å². The van der Waals surface area contributed by atoms with E-state index in [2.05, 4.69) is 38.4 Å². The lowest BCUT2D eigenvalue weighted by Crippen LogP contribution is -2.47. The molecule has 1 aromatic carbocycles. The van der Waals surface area contributed by atoms with Crippen LogP contribution in [0.2, 0.25) is 0 Å². The van der Waals surface area contributed by atoms with Crippen molar-refractivity contribution in [3.63, 3.8) is 0 Å². The molecule has 0 bridgehead atoms. The first-order chi connectivity index (χ1) is 19.8. The van der Waals surface area contributed by atoms with Gasteiger partial charge < -0.3 is 14.9 Å². The summed E-state index contributed by atoms with van der Waals surface area (Å²) in [6.45, 7) is 1.83. The van der Waals surface area contributed by atoms with Gasteiger partial charge in [0.15, 0.2) is 0 Å². The number of halogens is 6. The van der Waals surface area contributed by atoms with E-state index in [1.54, 1.807) is 35.4 Å². The number of alkyl halides is 5. The van der Waals surface area contributed by atoms with Crippen molar-refractivity contribution in [2.75, 3.05) is 43.5 Å². The summed E-state index contributed by atoms with van der Waals surface area (Å²) < 4.78 is 73.7. The second kappa shape index (κ2) is 12.9. The average molecular weight is 617 g/mol. The number of piperazine rings is 1. The predicted molar refractivity (Wildman–Crippen MR) is 143 cm³/mol. The molecule has 4 heterocycles. The van der Waals surface area contributed by atoms with Gasteiger partial charge in [-0.05, 0) is 30.6 Å². The highest BCUT2D eigenvalue weighted by molar-refractivity contribution is 7.10. The molecule has 5 rings (SSSR count). The maximum atomic E-state index is 15.0. The number of likely N-dealkylation sites (N-methyl/N-ethyl adjacent to an activating group) is 1. The molecule has 1 unspecified atom stereocenters. The second-order valence-electron chi connectivity index (χ2n) is 9.35. The maximum absolute atomic E-state index is 15.0. The van der Waals surface area contributed by atoms with Gasteiger partial charge >= 0.3 is 12.1 Å². The quantitative estimate of drug-likeness (QED) is 0.302. The summed E-state index contributed by atoms with van der Waals surface area (Å²) >= 11 is 1.71. The Hall–Kier alpha value is -3.99. The number of hydrogen-bond donors (Lipinski definition) is 1. The van der Waals surface area contributed by atoms with E-state index in [0.717, 1.165) is 17.8 Å². The summed E-state index contributed by atoms with van der Waals surface area (Å²) in [5.41, 5.74) is 0.484. The molecule has 1 atom stereocenters. The molecular formula is C25H26F6N8O2S. The zero-order valence-corrected chi connectivity index (χ0v) is 23.2. The standard InChI is InChI=1S/C23H25F3N8S.C2HF3O2/c1-31-8-9-33(11-17(31)18-7-4-10-35-18)23-29-16-6-3-5-15(24)21(16)22(30-23)32(2)13-20-27-14-28-34(20)12-19(25)26;3-2(4,5)1(6)7/h3-7,10,14,17,19H,8-9,11-13H2,1-2H3;(H,6,7). The minimum atomic E-state index is -5.08. The number of anilines is 2. The lowest BCUT2D eigenvalue weighted by Gasteiger charge is -2.39. The molecular weight excluding hydrogens is 590 g/mol. The van der Waals surface area contributed by atoms with Crippen molar-refractivity contribution in [2.45, 2.75) is 31.7 Å². The van der Waals surface area contributed by atoms with Gasteiger partial charge in [-0.15, -0.1) is 11.3 Å². The average Bonchev–Trinajstić information content (AvgIpc) is 3.61. The Balaban J connectivity index is 0.000000517. The van der Waals surface area contributed by atoms with Gasteiger partial charge in [-0.2, -0.15) is 23.3 Å². The Kier molecular flexibility index (Phi) is 9.50. The Labute approximate surface area is 239 Å². The summed E-state index contributed by atoms with van der Waals surface area (Å²) in [7, 11) is 3.84. The summed E-state index contributed by atoms with van der Waals surface area (Å²) in [6, 6.07) is 9.11. The molecule has 226 valence electrons. The van der Waals surface area contributed by atoms with Crippen LogP contribution in [0.25, 0.3) is 10.9 Å². The largest absolute Gasteiger partial charge is 0.490 e. The predicted octanol–water partition coefficient (Wildman–Crippen LogP) is 4.45. The molecule has 10 nitrogen and oxygen atoms in total. The van der Waals surface area contributed by atoms with Crippen LogP contribution in [0.4, 0.5) is 38.1 Å². The van der Waals surface area contributed by atoms with Crippen LogP contribution in [0.5, 0.6) is 0 Å². The molecule has 0 amide bonds. The Morgan fingerprint density at radius 3 is 2.57 bits per heavy atom. The van der Waals surface area contributed by atoms with Crippen molar-refractivity contribution in [3.8, 4) is 0 Å². The van der Waals surface area contributed by atoms with E-state index in [0.29, 0.717) is 29.7 Å². The van der Waals surface area contributed by atoms with Gasteiger partial charge in [-0.25, -0.2) is 32.6 Å². The zero-order chi connectivity index (χ0) is 30.6. The van der Waals surface area contributed by atoms with Crippen LogP contribution < -0.4 is 9.80 Å². The molecule has 0 saturated carbocycles. The van der Waals surface area contributed by atoms with Gasteiger partial charge in [0.05, 0.1) is 23.5 Å². The van der Waals surface area contributed by atoms with E-state index in [-0.39, 0.29) is 18.0 Å². The first kappa shape index (κ1) is 31.0. The highest BCUT2D eigenvalue weighted by Crippen LogP contribution is 2.33. The number of fused-ring (bicyclic) bond motifs is 1. The monoisotopic (exact) mass is 616 g/mol. The molecule has 1 aliphatic rings. The van der Waals surface area contributed by atoms with E-state index >= 15 is 0 Å². The van der Waals surface area contributed by atoms with Crippen molar-refractivity contribution in [3.05, 3.63) is 58.6 Å². The summed E-state index contributed by atoms with van der Waals surface area (Å²) in [5.74, 6) is -1.97. The summed E-state index contributed by atoms with van der Waals surface area (Å²) in [5, 5.41) is 13.4. The van der Waals surface area contributed by atoms with Crippen LogP contribution in [-0.4, -0.2) is 87.0 Å². The molecule has 1 fully saturated rings. The molecule has 17 heteroatoms. The van der Waals surface area contributed by atoms with Crippen molar-refractivity contribution in [1.29, 1.82) is 0 Å². The van der Waals surface area contributed by atoms with Gasteiger partial charge in [-0.3, -0.25) is 4.90 Å². The topological polar surface area (TPSA) is 104 Å². The first-order valence-corrected chi connectivity index (χ1v) is 13.3. The number of aliphatic carboxylic acids is 1. The number of carboxylic acid groups (broad SMARTS) is 1. The van der Waals surface area contributed by atoms with E-state index < -0.39 is 30.9 Å². The summed E-state index contributed by atoms with van der Waals surface area (Å²) in [4.78, 5) is 29.9. The number of thiophene rings is 1.